The van der Waals surface area contributed by atoms with Gasteiger partial charge < -0.3 is 4.40 Å². The first kappa shape index (κ1) is 7.13. The standard InChI is InChI=1S/C11H12N2/c1-8-3-2-4-11-12-10(7-13(8)11)9-5-6-9/h2-4,7,9H,5-6H2,1H3. The van der Waals surface area contributed by atoms with Crippen LogP contribution >= 0.6 is 0 Å². The molecule has 0 N–H and O–H groups in total. The second kappa shape index (κ2) is 2.34. The fourth-order valence-corrected chi connectivity index (χ4v) is 1.74. The molecule has 0 unspecified atom stereocenters. The van der Waals surface area contributed by atoms with Gasteiger partial charge in [-0.05, 0) is 31.9 Å². The number of rotatable bonds is 1. The number of aryl methyl sites for hydroxylation is 1. The SMILES string of the molecule is Cc1cccc2nc(C3CC3)cn12. The first-order valence-corrected chi connectivity index (χ1v) is 4.79. The molecule has 1 aliphatic carbocycles. The van der Waals surface area contributed by atoms with E-state index in [0.29, 0.717) is 0 Å². The summed E-state index contributed by atoms with van der Waals surface area (Å²) in [5.74, 6) is 0.749. The van der Waals surface area contributed by atoms with Gasteiger partial charge in [-0.3, -0.25) is 0 Å². The molecule has 0 aliphatic heterocycles. The summed E-state index contributed by atoms with van der Waals surface area (Å²) in [5, 5.41) is 0. The van der Waals surface area contributed by atoms with Gasteiger partial charge in [-0.1, -0.05) is 6.07 Å². The van der Waals surface area contributed by atoms with Gasteiger partial charge in [-0.2, -0.15) is 0 Å². The lowest BCUT2D eigenvalue weighted by Crippen LogP contribution is -1.86. The van der Waals surface area contributed by atoms with E-state index >= 15 is 0 Å². The third kappa shape index (κ3) is 1.05. The van der Waals surface area contributed by atoms with Crippen molar-refractivity contribution >= 4 is 5.65 Å². The zero-order chi connectivity index (χ0) is 8.84. The van der Waals surface area contributed by atoms with E-state index in [1.54, 1.807) is 0 Å². The van der Waals surface area contributed by atoms with Crippen molar-refractivity contribution in [1.29, 1.82) is 0 Å². The lowest BCUT2D eigenvalue weighted by Gasteiger charge is -1.95. The Bertz CT molecular complexity index is 452. The maximum absolute atomic E-state index is 4.60. The van der Waals surface area contributed by atoms with Crippen molar-refractivity contribution in [2.75, 3.05) is 0 Å². The Morgan fingerprint density at radius 1 is 1.38 bits per heavy atom. The van der Waals surface area contributed by atoms with Crippen LogP contribution in [0.1, 0.15) is 30.1 Å². The van der Waals surface area contributed by atoms with E-state index in [1.807, 2.05) is 0 Å². The highest BCUT2D eigenvalue weighted by Crippen LogP contribution is 2.39. The van der Waals surface area contributed by atoms with Crippen LogP contribution in [0.3, 0.4) is 0 Å². The predicted molar refractivity (Wildman–Crippen MR) is 51.9 cm³/mol. The average Bonchev–Trinajstić information content (AvgIpc) is 2.87. The van der Waals surface area contributed by atoms with Crippen molar-refractivity contribution in [1.82, 2.24) is 9.38 Å². The molecular weight excluding hydrogens is 160 g/mol. The number of hydrogen-bond acceptors (Lipinski definition) is 1. The lowest BCUT2D eigenvalue weighted by molar-refractivity contribution is 1.05. The number of pyridine rings is 1. The molecular formula is C11H12N2. The molecule has 1 saturated carbocycles. The summed E-state index contributed by atoms with van der Waals surface area (Å²) in [4.78, 5) is 4.60. The largest absolute Gasteiger partial charge is 0.304 e. The van der Waals surface area contributed by atoms with E-state index in [1.165, 1.54) is 24.2 Å². The van der Waals surface area contributed by atoms with E-state index in [4.69, 9.17) is 0 Å². The van der Waals surface area contributed by atoms with E-state index in [2.05, 4.69) is 40.7 Å². The van der Waals surface area contributed by atoms with E-state index in [-0.39, 0.29) is 0 Å². The minimum atomic E-state index is 0.749. The Labute approximate surface area is 77.2 Å². The number of aromatic nitrogens is 2. The van der Waals surface area contributed by atoms with Crippen LogP contribution in [0.2, 0.25) is 0 Å². The second-order valence-electron chi connectivity index (χ2n) is 3.84. The van der Waals surface area contributed by atoms with Crippen LogP contribution in [0.25, 0.3) is 5.65 Å². The molecule has 13 heavy (non-hydrogen) atoms. The van der Waals surface area contributed by atoms with Crippen LogP contribution in [0.4, 0.5) is 0 Å². The molecule has 0 spiro atoms. The molecule has 66 valence electrons. The molecule has 2 nitrogen and oxygen atoms in total. The number of imidazole rings is 1. The maximum atomic E-state index is 4.60. The fraction of sp³-hybridized carbons (Fsp3) is 0.364. The van der Waals surface area contributed by atoms with Gasteiger partial charge >= 0.3 is 0 Å². The minimum absolute atomic E-state index is 0.749. The van der Waals surface area contributed by atoms with Gasteiger partial charge in [0.25, 0.3) is 0 Å². The van der Waals surface area contributed by atoms with Crippen molar-refractivity contribution in [3.8, 4) is 0 Å². The third-order valence-corrected chi connectivity index (χ3v) is 2.71. The minimum Gasteiger partial charge on any atom is -0.304 e. The van der Waals surface area contributed by atoms with Crippen molar-refractivity contribution in [3.63, 3.8) is 0 Å². The van der Waals surface area contributed by atoms with Crippen LogP contribution in [0.15, 0.2) is 24.4 Å². The fourth-order valence-electron chi connectivity index (χ4n) is 1.74. The van der Waals surface area contributed by atoms with Gasteiger partial charge in [0.1, 0.15) is 5.65 Å². The molecule has 0 atom stereocenters. The Kier molecular flexibility index (Phi) is 1.29. The molecule has 0 radical (unpaired) electrons. The van der Waals surface area contributed by atoms with Crippen LogP contribution in [-0.2, 0) is 0 Å². The molecule has 3 rings (SSSR count). The summed E-state index contributed by atoms with van der Waals surface area (Å²) in [5.41, 5.74) is 3.62. The second-order valence-corrected chi connectivity index (χ2v) is 3.84. The summed E-state index contributed by atoms with van der Waals surface area (Å²) in [6, 6.07) is 6.25. The summed E-state index contributed by atoms with van der Waals surface area (Å²) in [7, 11) is 0. The zero-order valence-corrected chi connectivity index (χ0v) is 7.70. The summed E-state index contributed by atoms with van der Waals surface area (Å²) in [6.07, 6.45) is 4.83. The van der Waals surface area contributed by atoms with Gasteiger partial charge in [-0.25, -0.2) is 4.98 Å². The number of hydrogen-bond donors (Lipinski definition) is 0. The van der Waals surface area contributed by atoms with Crippen LogP contribution in [-0.4, -0.2) is 9.38 Å². The van der Waals surface area contributed by atoms with Crippen LogP contribution in [0, 0.1) is 6.92 Å². The molecule has 2 aromatic heterocycles. The smallest absolute Gasteiger partial charge is 0.137 e. The molecule has 0 saturated heterocycles. The molecule has 0 amide bonds. The van der Waals surface area contributed by atoms with Gasteiger partial charge in [-0.15, -0.1) is 0 Å². The van der Waals surface area contributed by atoms with Crippen molar-refractivity contribution in [2.24, 2.45) is 0 Å². The van der Waals surface area contributed by atoms with E-state index < -0.39 is 0 Å². The molecule has 1 fully saturated rings. The topological polar surface area (TPSA) is 17.3 Å². The summed E-state index contributed by atoms with van der Waals surface area (Å²) < 4.78 is 2.17. The maximum Gasteiger partial charge on any atom is 0.137 e. The number of nitrogens with zero attached hydrogens (tertiary/aromatic N) is 2. The van der Waals surface area contributed by atoms with E-state index in [9.17, 15) is 0 Å². The van der Waals surface area contributed by atoms with Gasteiger partial charge in [0.05, 0.1) is 5.69 Å². The van der Waals surface area contributed by atoms with Gasteiger partial charge in [0.15, 0.2) is 0 Å². The summed E-state index contributed by atoms with van der Waals surface area (Å²) >= 11 is 0. The first-order chi connectivity index (χ1) is 6.34. The molecule has 2 heteroatoms. The van der Waals surface area contributed by atoms with Crippen LogP contribution < -0.4 is 0 Å². The van der Waals surface area contributed by atoms with Crippen molar-refractivity contribution in [3.05, 3.63) is 35.8 Å². The summed E-state index contributed by atoms with van der Waals surface area (Å²) in [6.45, 7) is 2.12. The van der Waals surface area contributed by atoms with Crippen LogP contribution in [0.5, 0.6) is 0 Å². The van der Waals surface area contributed by atoms with Gasteiger partial charge in [0.2, 0.25) is 0 Å². The lowest BCUT2D eigenvalue weighted by atomic mass is 10.3. The quantitative estimate of drug-likeness (QED) is 0.646. The first-order valence-electron chi connectivity index (χ1n) is 4.79. The Morgan fingerprint density at radius 3 is 2.92 bits per heavy atom. The predicted octanol–water partition coefficient (Wildman–Crippen LogP) is 2.52. The third-order valence-electron chi connectivity index (χ3n) is 2.71. The Balaban J connectivity index is 2.26. The number of fused-ring (bicyclic) bond motifs is 1. The molecule has 0 bridgehead atoms. The molecule has 0 aromatic carbocycles. The van der Waals surface area contributed by atoms with Gasteiger partial charge in [0, 0.05) is 17.8 Å². The molecule has 2 heterocycles. The van der Waals surface area contributed by atoms with Crippen molar-refractivity contribution < 1.29 is 0 Å². The normalized spacial score (nSPS) is 16.7. The zero-order valence-electron chi connectivity index (χ0n) is 7.70. The van der Waals surface area contributed by atoms with Crippen molar-refractivity contribution in [2.45, 2.75) is 25.7 Å². The Hall–Kier alpha value is -1.31. The molecule has 2 aromatic rings. The van der Waals surface area contributed by atoms with E-state index in [0.717, 1.165) is 11.6 Å². The molecule has 1 aliphatic rings. The monoisotopic (exact) mass is 172 g/mol. The highest BCUT2D eigenvalue weighted by molar-refractivity contribution is 5.42. The highest BCUT2D eigenvalue weighted by atomic mass is 15.0. The highest BCUT2D eigenvalue weighted by Gasteiger charge is 2.26. The Morgan fingerprint density at radius 2 is 2.23 bits per heavy atom. The average molecular weight is 172 g/mol.